The van der Waals surface area contributed by atoms with Crippen molar-refractivity contribution < 1.29 is 14.3 Å². The van der Waals surface area contributed by atoms with Gasteiger partial charge in [0.25, 0.3) is 0 Å². The molecular formula is C14H27NO3. The first-order valence-corrected chi connectivity index (χ1v) is 6.72. The van der Waals surface area contributed by atoms with Gasteiger partial charge < -0.3 is 14.8 Å². The molecule has 0 aliphatic carbocycles. The zero-order chi connectivity index (χ0) is 14.0. The highest BCUT2D eigenvalue weighted by molar-refractivity contribution is 5.75. The van der Waals surface area contributed by atoms with Crippen LogP contribution in [0.1, 0.15) is 54.4 Å². The van der Waals surface area contributed by atoms with Crippen molar-refractivity contribution in [3.8, 4) is 0 Å². The van der Waals surface area contributed by atoms with Crippen molar-refractivity contribution in [2.75, 3.05) is 6.61 Å². The second kappa shape index (κ2) is 5.57. The molecule has 18 heavy (non-hydrogen) atoms. The molecule has 2 atom stereocenters. The molecule has 0 aromatic heterocycles. The summed E-state index contributed by atoms with van der Waals surface area (Å²) in [4.78, 5) is 11.9. The van der Waals surface area contributed by atoms with Gasteiger partial charge >= 0.3 is 5.97 Å². The molecule has 0 radical (unpaired) electrons. The van der Waals surface area contributed by atoms with Gasteiger partial charge in [-0.2, -0.15) is 0 Å². The molecule has 0 aromatic rings. The van der Waals surface area contributed by atoms with E-state index in [2.05, 4.69) is 19.2 Å². The molecule has 1 heterocycles. The number of esters is 1. The van der Waals surface area contributed by atoms with Gasteiger partial charge in [-0.15, -0.1) is 0 Å². The van der Waals surface area contributed by atoms with Crippen molar-refractivity contribution in [3.05, 3.63) is 0 Å². The van der Waals surface area contributed by atoms with Crippen LogP contribution in [0.4, 0.5) is 0 Å². The lowest BCUT2D eigenvalue weighted by Gasteiger charge is -2.37. The highest BCUT2D eigenvalue weighted by Crippen LogP contribution is 2.24. The number of hydrogen-bond donors (Lipinski definition) is 1. The van der Waals surface area contributed by atoms with Gasteiger partial charge in [-0.1, -0.05) is 0 Å². The Morgan fingerprint density at radius 1 is 1.44 bits per heavy atom. The summed E-state index contributed by atoms with van der Waals surface area (Å²) in [6.07, 6.45) is 1.86. The molecule has 0 saturated carbocycles. The number of rotatable bonds is 3. The molecular weight excluding hydrogens is 230 g/mol. The predicted molar refractivity (Wildman–Crippen MR) is 71.5 cm³/mol. The lowest BCUT2D eigenvalue weighted by Crippen LogP contribution is -2.49. The average molecular weight is 257 g/mol. The van der Waals surface area contributed by atoms with Gasteiger partial charge in [0, 0.05) is 12.6 Å². The number of carbonyl (C=O) groups is 1. The zero-order valence-corrected chi connectivity index (χ0v) is 12.5. The van der Waals surface area contributed by atoms with Crippen LogP contribution in [-0.4, -0.2) is 35.9 Å². The van der Waals surface area contributed by atoms with Crippen molar-refractivity contribution >= 4 is 5.97 Å². The summed E-state index contributed by atoms with van der Waals surface area (Å²) in [5.74, 6) is -0.188. The molecule has 1 N–H and O–H groups in total. The molecule has 0 amide bonds. The van der Waals surface area contributed by atoms with Gasteiger partial charge in [0.1, 0.15) is 11.6 Å². The Bertz CT molecular complexity index is 294. The number of carbonyl (C=O) groups excluding carboxylic acids is 1. The van der Waals surface area contributed by atoms with Crippen LogP contribution >= 0.6 is 0 Å². The SMILES string of the molecule is CC(NC1CCOC(C)(C)C1)C(=O)OC(C)(C)C. The molecule has 106 valence electrons. The van der Waals surface area contributed by atoms with E-state index in [1.54, 1.807) is 0 Å². The van der Waals surface area contributed by atoms with E-state index >= 15 is 0 Å². The minimum Gasteiger partial charge on any atom is -0.459 e. The third-order valence-electron chi connectivity index (χ3n) is 2.94. The van der Waals surface area contributed by atoms with Crippen LogP contribution in [0, 0.1) is 0 Å². The van der Waals surface area contributed by atoms with E-state index < -0.39 is 5.60 Å². The predicted octanol–water partition coefficient (Wildman–Crippen LogP) is 2.26. The highest BCUT2D eigenvalue weighted by atomic mass is 16.6. The van der Waals surface area contributed by atoms with Crippen molar-refractivity contribution in [2.24, 2.45) is 0 Å². The van der Waals surface area contributed by atoms with E-state index in [0.29, 0.717) is 6.04 Å². The van der Waals surface area contributed by atoms with Gasteiger partial charge in [0.15, 0.2) is 0 Å². The molecule has 1 aliphatic rings. The molecule has 4 nitrogen and oxygen atoms in total. The summed E-state index contributed by atoms with van der Waals surface area (Å²) in [5, 5.41) is 3.34. The molecule has 1 rings (SSSR count). The lowest BCUT2D eigenvalue weighted by molar-refractivity contribution is -0.157. The number of nitrogens with one attached hydrogen (secondary N) is 1. The van der Waals surface area contributed by atoms with Crippen molar-refractivity contribution in [3.63, 3.8) is 0 Å². The fraction of sp³-hybridized carbons (Fsp3) is 0.929. The Labute approximate surface area is 110 Å². The van der Waals surface area contributed by atoms with Crippen molar-refractivity contribution in [1.29, 1.82) is 0 Å². The topological polar surface area (TPSA) is 47.6 Å². The Morgan fingerprint density at radius 3 is 2.56 bits per heavy atom. The van der Waals surface area contributed by atoms with E-state index in [9.17, 15) is 4.79 Å². The Balaban J connectivity index is 2.44. The maximum absolute atomic E-state index is 11.9. The number of ether oxygens (including phenoxy) is 2. The Morgan fingerprint density at radius 2 is 2.06 bits per heavy atom. The van der Waals surface area contributed by atoms with Gasteiger partial charge in [0.2, 0.25) is 0 Å². The van der Waals surface area contributed by atoms with Crippen LogP contribution in [0.3, 0.4) is 0 Å². The fourth-order valence-electron chi connectivity index (χ4n) is 2.19. The molecule has 1 saturated heterocycles. The van der Waals surface area contributed by atoms with E-state index in [-0.39, 0.29) is 17.6 Å². The van der Waals surface area contributed by atoms with Crippen molar-refractivity contribution in [2.45, 2.75) is 77.7 Å². The second-order valence-electron chi connectivity index (χ2n) is 6.72. The first-order chi connectivity index (χ1) is 8.09. The lowest BCUT2D eigenvalue weighted by atomic mass is 9.93. The Kier molecular flexibility index (Phi) is 4.78. The first kappa shape index (κ1) is 15.4. The van der Waals surface area contributed by atoms with Gasteiger partial charge in [0.05, 0.1) is 5.60 Å². The Hall–Kier alpha value is -0.610. The zero-order valence-electron chi connectivity index (χ0n) is 12.5. The summed E-state index contributed by atoms with van der Waals surface area (Å²) in [6.45, 7) is 12.4. The van der Waals surface area contributed by atoms with Crippen LogP contribution in [0.15, 0.2) is 0 Å². The van der Waals surface area contributed by atoms with Crippen LogP contribution < -0.4 is 5.32 Å². The van der Waals surface area contributed by atoms with E-state index in [1.807, 2.05) is 27.7 Å². The summed E-state index contributed by atoms with van der Waals surface area (Å²) in [7, 11) is 0. The van der Waals surface area contributed by atoms with Gasteiger partial charge in [-0.3, -0.25) is 4.79 Å². The highest BCUT2D eigenvalue weighted by Gasteiger charge is 2.31. The molecule has 0 bridgehead atoms. The number of hydrogen-bond acceptors (Lipinski definition) is 4. The normalized spacial score (nSPS) is 25.6. The van der Waals surface area contributed by atoms with E-state index in [4.69, 9.17) is 9.47 Å². The monoisotopic (exact) mass is 257 g/mol. The van der Waals surface area contributed by atoms with Crippen LogP contribution in [-0.2, 0) is 14.3 Å². The quantitative estimate of drug-likeness (QED) is 0.788. The average Bonchev–Trinajstić information content (AvgIpc) is 2.12. The molecule has 1 fully saturated rings. The minimum absolute atomic E-state index is 0.108. The van der Waals surface area contributed by atoms with Crippen LogP contribution in [0.5, 0.6) is 0 Å². The fourth-order valence-corrected chi connectivity index (χ4v) is 2.19. The van der Waals surface area contributed by atoms with Crippen LogP contribution in [0.2, 0.25) is 0 Å². The van der Waals surface area contributed by atoms with Gasteiger partial charge in [-0.05, 0) is 54.4 Å². The molecule has 0 aromatic carbocycles. The van der Waals surface area contributed by atoms with Crippen molar-refractivity contribution in [1.82, 2.24) is 5.32 Å². The smallest absolute Gasteiger partial charge is 0.323 e. The second-order valence-corrected chi connectivity index (χ2v) is 6.72. The van der Waals surface area contributed by atoms with Gasteiger partial charge in [-0.25, -0.2) is 0 Å². The summed E-state index contributed by atoms with van der Waals surface area (Å²) in [5.41, 5.74) is -0.536. The molecule has 4 heteroatoms. The molecule has 0 spiro atoms. The van der Waals surface area contributed by atoms with E-state index in [1.165, 1.54) is 0 Å². The maximum Gasteiger partial charge on any atom is 0.323 e. The summed E-state index contributed by atoms with van der Waals surface area (Å²) < 4.78 is 11.0. The van der Waals surface area contributed by atoms with Crippen LogP contribution in [0.25, 0.3) is 0 Å². The molecule has 2 unspecified atom stereocenters. The first-order valence-electron chi connectivity index (χ1n) is 6.72. The summed E-state index contributed by atoms with van der Waals surface area (Å²) in [6, 6.07) is 0.0411. The largest absolute Gasteiger partial charge is 0.459 e. The van der Waals surface area contributed by atoms with E-state index in [0.717, 1.165) is 19.4 Å². The maximum atomic E-state index is 11.9. The standard InChI is InChI=1S/C14H27NO3/c1-10(12(16)18-13(2,3)4)15-11-7-8-17-14(5,6)9-11/h10-11,15H,7-9H2,1-6H3. The third kappa shape index (κ3) is 5.36. The summed E-state index contributed by atoms with van der Waals surface area (Å²) >= 11 is 0. The minimum atomic E-state index is -0.429. The third-order valence-corrected chi connectivity index (χ3v) is 2.94. The molecule has 1 aliphatic heterocycles.